The largest absolute Gasteiger partial charge is 0.294 e. The zero-order valence-electron chi connectivity index (χ0n) is 13.5. The van der Waals surface area contributed by atoms with Gasteiger partial charge in [0.15, 0.2) is 5.78 Å². The standard InChI is InChI=1S/C19H22OS/c1-15(2)19(21-14-16-9-5-3-6-10-16)13-18(20)17-11-7-4-8-12-17/h3-12,15,19H,13-14H2,1-2H3/t19-/m1/s1/i13D/t13-,19-. The second-order valence-electron chi connectivity index (χ2n) is 5.40. The summed E-state index contributed by atoms with van der Waals surface area (Å²) in [6.07, 6.45) is -0.726. The lowest BCUT2D eigenvalue weighted by atomic mass is 10.0. The van der Waals surface area contributed by atoms with Gasteiger partial charge in [0.25, 0.3) is 0 Å². The van der Waals surface area contributed by atoms with Crippen molar-refractivity contribution in [2.24, 2.45) is 5.92 Å². The highest BCUT2D eigenvalue weighted by molar-refractivity contribution is 7.99. The van der Waals surface area contributed by atoms with Gasteiger partial charge in [-0.2, -0.15) is 11.8 Å². The van der Waals surface area contributed by atoms with Crippen LogP contribution in [0.5, 0.6) is 0 Å². The van der Waals surface area contributed by atoms with Gasteiger partial charge >= 0.3 is 0 Å². The van der Waals surface area contributed by atoms with E-state index in [1.165, 1.54) is 5.56 Å². The van der Waals surface area contributed by atoms with E-state index >= 15 is 0 Å². The van der Waals surface area contributed by atoms with E-state index in [0.717, 1.165) is 5.75 Å². The first-order chi connectivity index (χ1) is 10.6. The minimum absolute atomic E-state index is 0.00656. The molecular formula is C19H22OS. The molecule has 0 N–H and O–H groups in total. The quantitative estimate of drug-likeness (QED) is 0.652. The molecule has 0 saturated heterocycles. The summed E-state index contributed by atoms with van der Waals surface area (Å²) in [5.74, 6) is 1.03. The van der Waals surface area contributed by atoms with Crippen LogP contribution in [-0.4, -0.2) is 11.0 Å². The molecule has 2 aromatic rings. The summed E-state index contributed by atoms with van der Waals surface area (Å²) in [4.78, 5) is 12.5. The van der Waals surface area contributed by atoms with Crippen LogP contribution in [0.25, 0.3) is 0 Å². The lowest BCUT2D eigenvalue weighted by Gasteiger charge is -2.20. The van der Waals surface area contributed by atoms with Gasteiger partial charge in [-0.25, -0.2) is 0 Å². The molecule has 0 aliphatic heterocycles. The van der Waals surface area contributed by atoms with E-state index in [2.05, 4.69) is 26.0 Å². The van der Waals surface area contributed by atoms with Crippen LogP contribution in [0.4, 0.5) is 0 Å². The van der Waals surface area contributed by atoms with Gasteiger partial charge in [-0.15, -0.1) is 0 Å². The fraction of sp³-hybridized carbons (Fsp3) is 0.316. The van der Waals surface area contributed by atoms with Crippen LogP contribution < -0.4 is 0 Å². The zero-order valence-corrected chi connectivity index (χ0v) is 13.3. The van der Waals surface area contributed by atoms with Crippen molar-refractivity contribution in [2.45, 2.75) is 31.2 Å². The zero-order chi connectivity index (χ0) is 15.9. The number of carbonyl (C=O) groups is 1. The number of benzene rings is 2. The van der Waals surface area contributed by atoms with Gasteiger partial charge in [-0.05, 0) is 11.5 Å². The maximum absolute atomic E-state index is 12.5. The van der Waals surface area contributed by atoms with Crippen molar-refractivity contribution < 1.29 is 6.17 Å². The van der Waals surface area contributed by atoms with Crippen LogP contribution in [-0.2, 0) is 5.75 Å². The van der Waals surface area contributed by atoms with Crippen molar-refractivity contribution in [3.05, 3.63) is 71.8 Å². The molecule has 2 heteroatoms. The molecular weight excluding hydrogens is 276 g/mol. The van der Waals surface area contributed by atoms with Crippen molar-refractivity contribution in [1.82, 2.24) is 0 Å². The van der Waals surface area contributed by atoms with Gasteiger partial charge in [0.2, 0.25) is 0 Å². The summed E-state index contributed by atoms with van der Waals surface area (Å²) in [7, 11) is 0. The molecule has 0 unspecified atom stereocenters. The van der Waals surface area contributed by atoms with Crippen LogP contribution in [0, 0.1) is 5.92 Å². The Morgan fingerprint density at radius 2 is 1.62 bits per heavy atom. The topological polar surface area (TPSA) is 17.1 Å². The first-order valence-electron chi connectivity index (χ1n) is 7.84. The van der Waals surface area contributed by atoms with Crippen LogP contribution >= 0.6 is 11.8 Å². The van der Waals surface area contributed by atoms with Crippen molar-refractivity contribution in [1.29, 1.82) is 0 Å². The summed E-state index contributed by atoms with van der Waals surface area (Å²) in [5, 5.41) is -0.00656. The lowest BCUT2D eigenvalue weighted by Crippen LogP contribution is -2.17. The highest BCUT2D eigenvalue weighted by Gasteiger charge is 2.19. The van der Waals surface area contributed by atoms with Crippen LogP contribution in [0.15, 0.2) is 60.7 Å². The number of hydrogen-bond donors (Lipinski definition) is 0. The third-order valence-corrected chi connectivity index (χ3v) is 4.88. The summed E-state index contributed by atoms with van der Waals surface area (Å²) in [6.45, 7) is 4.17. The van der Waals surface area contributed by atoms with Crippen LogP contribution in [0.1, 0.15) is 37.5 Å². The van der Waals surface area contributed by atoms with Gasteiger partial charge in [0.05, 0.1) is 0 Å². The molecule has 2 aromatic carbocycles. The Labute approximate surface area is 133 Å². The second-order valence-corrected chi connectivity index (χ2v) is 6.57. The molecule has 0 heterocycles. The van der Waals surface area contributed by atoms with E-state index in [4.69, 9.17) is 1.37 Å². The van der Waals surface area contributed by atoms with E-state index in [1.54, 1.807) is 23.9 Å². The Bertz CT molecular complexity index is 583. The van der Waals surface area contributed by atoms with E-state index in [-0.39, 0.29) is 17.0 Å². The van der Waals surface area contributed by atoms with Gasteiger partial charge < -0.3 is 0 Å². The Morgan fingerprint density at radius 1 is 1.05 bits per heavy atom. The predicted octanol–water partition coefficient (Wildman–Crippen LogP) is 5.22. The molecule has 2 atom stereocenters. The Kier molecular flexibility index (Phi) is 5.51. The van der Waals surface area contributed by atoms with Gasteiger partial charge in [-0.3, -0.25) is 4.79 Å². The van der Waals surface area contributed by atoms with Crippen LogP contribution in [0.2, 0.25) is 0 Å². The van der Waals surface area contributed by atoms with Crippen molar-refractivity contribution in [3.63, 3.8) is 0 Å². The summed E-state index contributed by atoms with van der Waals surface area (Å²) < 4.78 is 8.40. The predicted molar refractivity (Wildman–Crippen MR) is 91.8 cm³/mol. The van der Waals surface area contributed by atoms with Gasteiger partial charge in [0.1, 0.15) is 0 Å². The lowest BCUT2D eigenvalue weighted by molar-refractivity contribution is 0.0978. The average molecular weight is 299 g/mol. The summed E-state index contributed by atoms with van der Waals surface area (Å²) >= 11 is 1.71. The van der Waals surface area contributed by atoms with Crippen LogP contribution in [0.3, 0.4) is 0 Å². The van der Waals surface area contributed by atoms with E-state index in [9.17, 15) is 4.79 Å². The Hall–Kier alpha value is -1.54. The smallest absolute Gasteiger partial charge is 0.163 e. The first kappa shape index (κ1) is 14.4. The minimum atomic E-state index is -0.726. The fourth-order valence-corrected chi connectivity index (χ4v) is 3.23. The molecule has 0 bridgehead atoms. The fourth-order valence-electron chi connectivity index (χ4n) is 2.05. The molecule has 2 rings (SSSR count). The van der Waals surface area contributed by atoms with Gasteiger partial charge in [-0.1, -0.05) is 74.5 Å². The summed E-state index contributed by atoms with van der Waals surface area (Å²) in [5.41, 5.74) is 1.87. The van der Waals surface area contributed by atoms with Crippen molar-refractivity contribution in [3.8, 4) is 0 Å². The highest BCUT2D eigenvalue weighted by atomic mass is 32.2. The normalized spacial score (nSPS) is 14.5. The Balaban J connectivity index is 2.05. The first-order valence-corrected chi connectivity index (χ1v) is 8.31. The number of rotatable bonds is 7. The highest BCUT2D eigenvalue weighted by Crippen LogP contribution is 2.27. The monoisotopic (exact) mass is 299 g/mol. The van der Waals surface area contributed by atoms with Gasteiger partial charge in [0, 0.05) is 24.3 Å². The molecule has 0 aliphatic rings. The van der Waals surface area contributed by atoms with Crippen molar-refractivity contribution >= 4 is 17.5 Å². The molecule has 110 valence electrons. The Morgan fingerprint density at radius 3 is 2.19 bits per heavy atom. The molecule has 0 radical (unpaired) electrons. The molecule has 21 heavy (non-hydrogen) atoms. The SMILES string of the molecule is [2H][C@H](C(=O)c1ccccc1)[C@@H](SCc1ccccc1)C(C)C. The van der Waals surface area contributed by atoms with E-state index in [0.29, 0.717) is 5.56 Å². The number of ketones is 1. The van der Waals surface area contributed by atoms with E-state index < -0.39 is 6.40 Å². The maximum atomic E-state index is 12.5. The third kappa shape index (κ3) is 5.05. The summed E-state index contributed by atoms with van der Waals surface area (Å²) in [6, 6.07) is 19.4. The average Bonchev–Trinajstić information content (AvgIpc) is 2.55. The molecule has 0 saturated carbocycles. The maximum Gasteiger partial charge on any atom is 0.163 e. The molecule has 0 amide bonds. The molecule has 0 aliphatic carbocycles. The number of carbonyl (C=O) groups excluding carboxylic acids is 1. The van der Waals surface area contributed by atoms with E-state index in [1.807, 2.05) is 36.4 Å². The third-order valence-electron chi connectivity index (χ3n) is 3.32. The molecule has 0 spiro atoms. The second kappa shape index (κ2) is 8.04. The number of thioether (sulfide) groups is 1. The number of Topliss-reactive ketones (excluding diaryl/α,β-unsaturated/α-hetero) is 1. The molecule has 1 nitrogen and oxygen atoms in total. The minimum Gasteiger partial charge on any atom is -0.294 e. The van der Waals surface area contributed by atoms with Crippen molar-refractivity contribution in [2.75, 3.05) is 0 Å². The number of hydrogen-bond acceptors (Lipinski definition) is 2. The molecule has 0 aromatic heterocycles. The molecule has 0 fully saturated rings.